The summed E-state index contributed by atoms with van der Waals surface area (Å²) < 4.78 is 3.92. The molecule has 0 spiro atoms. The molecule has 2 heterocycles. The third-order valence-electron chi connectivity index (χ3n) is 4.16. The fourth-order valence-electron chi connectivity index (χ4n) is 2.51. The molecule has 1 N–H and O–H groups in total. The molecule has 0 amide bonds. The van der Waals surface area contributed by atoms with E-state index in [9.17, 15) is 0 Å². The predicted molar refractivity (Wildman–Crippen MR) is 91.5 cm³/mol. The van der Waals surface area contributed by atoms with Gasteiger partial charge in [-0.15, -0.1) is 0 Å². The lowest BCUT2D eigenvalue weighted by Crippen LogP contribution is -2.33. The van der Waals surface area contributed by atoms with Gasteiger partial charge in [-0.1, -0.05) is 18.2 Å². The van der Waals surface area contributed by atoms with Crippen LogP contribution in [-0.4, -0.2) is 25.6 Å². The molecule has 0 radical (unpaired) electrons. The first-order valence-corrected chi connectivity index (χ1v) is 7.96. The fraction of sp³-hybridized carbons (Fsp3) is 0.333. The van der Waals surface area contributed by atoms with Crippen LogP contribution in [-0.2, 0) is 6.54 Å². The molecule has 120 valence electrons. The summed E-state index contributed by atoms with van der Waals surface area (Å²) >= 11 is 0. The molecule has 2 atom stereocenters. The van der Waals surface area contributed by atoms with E-state index >= 15 is 0 Å². The van der Waals surface area contributed by atoms with Crippen LogP contribution in [0, 0.1) is 6.92 Å². The Morgan fingerprint density at radius 3 is 2.52 bits per heavy atom. The zero-order valence-corrected chi connectivity index (χ0v) is 13.8. The van der Waals surface area contributed by atoms with Crippen molar-refractivity contribution in [1.82, 2.24) is 24.9 Å². The second-order valence-electron chi connectivity index (χ2n) is 6.04. The van der Waals surface area contributed by atoms with E-state index in [1.54, 1.807) is 0 Å². The summed E-state index contributed by atoms with van der Waals surface area (Å²) in [5.41, 5.74) is 3.44. The van der Waals surface area contributed by atoms with E-state index in [1.165, 1.54) is 11.1 Å². The van der Waals surface area contributed by atoms with Gasteiger partial charge in [0.1, 0.15) is 0 Å². The topological polar surface area (TPSA) is 47.7 Å². The van der Waals surface area contributed by atoms with Crippen LogP contribution < -0.4 is 5.32 Å². The van der Waals surface area contributed by atoms with E-state index in [-0.39, 0.29) is 0 Å². The van der Waals surface area contributed by atoms with Crippen LogP contribution in [0.15, 0.2) is 55.1 Å². The smallest absolute Gasteiger partial charge is 0.0645 e. The summed E-state index contributed by atoms with van der Waals surface area (Å²) in [4.78, 5) is 0. The van der Waals surface area contributed by atoms with Gasteiger partial charge in [-0.25, -0.2) is 4.68 Å². The van der Waals surface area contributed by atoms with E-state index in [0.717, 1.165) is 12.2 Å². The van der Waals surface area contributed by atoms with Crippen molar-refractivity contribution in [2.45, 2.75) is 39.4 Å². The monoisotopic (exact) mass is 309 g/mol. The van der Waals surface area contributed by atoms with Crippen LogP contribution in [0.25, 0.3) is 5.69 Å². The van der Waals surface area contributed by atoms with Gasteiger partial charge in [-0.05, 0) is 38.5 Å². The molecule has 5 nitrogen and oxygen atoms in total. The minimum Gasteiger partial charge on any atom is -0.308 e. The fourth-order valence-corrected chi connectivity index (χ4v) is 2.51. The number of hydrogen-bond acceptors (Lipinski definition) is 3. The van der Waals surface area contributed by atoms with Gasteiger partial charge >= 0.3 is 0 Å². The lowest BCUT2D eigenvalue weighted by molar-refractivity contribution is 0.365. The van der Waals surface area contributed by atoms with Gasteiger partial charge in [0.2, 0.25) is 0 Å². The summed E-state index contributed by atoms with van der Waals surface area (Å²) in [5, 5.41) is 12.4. The first-order valence-electron chi connectivity index (χ1n) is 7.96. The Hall–Kier alpha value is -2.40. The van der Waals surface area contributed by atoms with Gasteiger partial charge in [-0.2, -0.15) is 10.2 Å². The van der Waals surface area contributed by atoms with Gasteiger partial charge in [0.05, 0.1) is 24.1 Å². The minimum atomic E-state index is 0.299. The molecule has 0 unspecified atom stereocenters. The van der Waals surface area contributed by atoms with Crippen molar-refractivity contribution in [3.8, 4) is 5.69 Å². The second-order valence-corrected chi connectivity index (χ2v) is 6.04. The number of hydrogen-bond donors (Lipinski definition) is 1. The predicted octanol–water partition coefficient (Wildman–Crippen LogP) is 3.12. The molecule has 0 bridgehead atoms. The van der Waals surface area contributed by atoms with Gasteiger partial charge in [0.25, 0.3) is 0 Å². The van der Waals surface area contributed by atoms with E-state index < -0.39 is 0 Å². The third-order valence-corrected chi connectivity index (χ3v) is 4.16. The highest BCUT2D eigenvalue weighted by molar-refractivity contribution is 5.30. The van der Waals surface area contributed by atoms with Crippen LogP contribution in [0.1, 0.15) is 31.0 Å². The lowest BCUT2D eigenvalue weighted by Gasteiger charge is -2.21. The van der Waals surface area contributed by atoms with Crippen molar-refractivity contribution in [2.75, 3.05) is 0 Å². The molecule has 1 aromatic carbocycles. The number of rotatable bonds is 6. The molecule has 0 aliphatic rings. The van der Waals surface area contributed by atoms with Crippen LogP contribution in [0.4, 0.5) is 0 Å². The molecule has 0 aliphatic carbocycles. The summed E-state index contributed by atoms with van der Waals surface area (Å²) in [5.74, 6) is 0. The molecular formula is C18H23N5. The van der Waals surface area contributed by atoms with Gasteiger partial charge in [0, 0.05) is 30.5 Å². The average molecular weight is 309 g/mol. The van der Waals surface area contributed by atoms with E-state index in [1.807, 2.05) is 40.0 Å². The average Bonchev–Trinajstić information content (AvgIpc) is 3.22. The quantitative estimate of drug-likeness (QED) is 0.761. The van der Waals surface area contributed by atoms with Crippen molar-refractivity contribution in [2.24, 2.45) is 0 Å². The molecule has 0 saturated carbocycles. The number of nitrogens with zero attached hydrogens (tertiary/aromatic N) is 4. The first-order chi connectivity index (χ1) is 11.1. The van der Waals surface area contributed by atoms with Crippen molar-refractivity contribution in [1.29, 1.82) is 0 Å². The normalized spacial score (nSPS) is 13.9. The number of aryl methyl sites for hydroxylation is 1. The maximum atomic E-state index is 4.43. The Balaban J connectivity index is 1.59. The van der Waals surface area contributed by atoms with E-state index in [0.29, 0.717) is 12.1 Å². The van der Waals surface area contributed by atoms with Crippen molar-refractivity contribution >= 4 is 0 Å². The van der Waals surface area contributed by atoms with E-state index in [4.69, 9.17) is 0 Å². The maximum absolute atomic E-state index is 4.43. The zero-order valence-electron chi connectivity index (χ0n) is 13.8. The van der Waals surface area contributed by atoms with Gasteiger partial charge < -0.3 is 5.32 Å². The van der Waals surface area contributed by atoms with Crippen LogP contribution in [0.3, 0.4) is 0 Å². The maximum Gasteiger partial charge on any atom is 0.0645 e. The Morgan fingerprint density at radius 1 is 1.04 bits per heavy atom. The van der Waals surface area contributed by atoms with Crippen molar-refractivity contribution in [3.05, 3.63) is 66.2 Å². The molecule has 2 aromatic heterocycles. The first kappa shape index (κ1) is 15.5. The molecule has 0 aliphatic heterocycles. The highest BCUT2D eigenvalue weighted by atomic mass is 15.3. The van der Waals surface area contributed by atoms with Crippen LogP contribution >= 0.6 is 0 Å². The summed E-state index contributed by atoms with van der Waals surface area (Å²) in [6.07, 6.45) is 7.95. The molecule has 0 saturated heterocycles. The number of para-hydroxylation sites is 1. The highest BCUT2D eigenvalue weighted by Gasteiger charge is 2.14. The Morgan fingerprint density at radius 2 is 1.83 bits per heavy atom. The van der Waals surface area contributed by atoms with Gasteiger partial charge in [-0.3, -0.25) is 4.68 Å². The summed E-state index contributed by atoms with van der Waals surface area (Å²) in [6, 6.07) is 10.8. The molecule has 3 rings (SSSR count). The zero-order chi connectivity index (χ0) is 16.2. The number of aromatic nitrogens is 4. The molecule has 3 aromatic rings. The standard InChI is InChI=1S/C18H23N5/c1-14-9-20-22(12-14)16(3)15(2)19-10-17-11-21-23(13-17)18-7-5-4-6-8-18/h4-9,11-13,15-16,19H,10H2,1-3H3/t15-,16-/m1/s1. The Bertz CT molecular complexity index is 744. The molecule has 0 fully saturated rings. The number of benzene rings is 1. The largest absolute Gasteiger partial charge is 0.308 e. The Labute approximate surface area is 136 Å². The second kappa shape index (κ2) is 6.79. The molecule has 23 heavy (non-hydrogen) atoms. The van der Waals surface area contributed by atoms with E-state index in [2.05, 4.69) is 60.8 Å². The summed E-state index contributed by atoms with van der Waals surface area (Å²) in [7, 11) is 0. The van der Waals surface area contributed by atoms with Gasteiger partial charge in [0.15, 0.2) is 0 Å². The SMILES string of the molecule is Cc1cnn([C@H](C)[C@@H](C)NCc2cnn(-c3ccccc3)c2)c1. The van der Waals surface area contributed by atoms with Crippen molar-refractivity contribution in [3.63, 3.8) is 0 Å². The van der Waals surface area contributed by atoms with Crippen LogP contribution in [0.5, 0.6) is 0 Å². The molecular weight excluding hydrogens is 286 g/mol. The highest BCUT2D eigenvalue weighted by Crippen LogP contribution is 2.12. The minimum absolute atomic E-state index is 0.299. The number of nitrogens with one attached hydrogen (secondary N) is 1. The third kappa shape index (κ3) is 3.68. The van der Waals surface area contributed by atoms with Crippen LogP contribution in [0.2, 0.25) is 0 Å². The summed E-state index contributed by atoms with van der Waals surface area (Å²) in [6.45, 7) is 7.21. The molecule has 5 heteroatoms. The lowest BCUT2D eigenvalue weighted by atomic mass is 10.1. The Kier molecular flexibility index (Phi) is 4.57. The van der Waals surface area contributed by atoms with Crippen molar-refractivity contribution < 1.29 is 0 Å².